The van der Waals surface area contributed by atoms with Crippen molar-refractivity contribution in [2.24, 2.45) is 0 Å². The summed E-state index contributed by atoms with van der Waals surface area (Å²) in [5, 5.41) is 0. The minimum atomic E-state index is -0.297. The maximum atomic E-state index is 12.4. The highest BCUT2D eigenvalue weighted by Crippen LogP contribution is 2.14. The predicted octanol–water partition coefficient (Wildman–Crippen LogP) is 1.49. The number of hydrogen-bond donors (Lipinski definition) is 0. The first-order valence-electron chi connectivity index (χ1n) is 7.34. The summed E-state index contributed by atoms with van der Waals surface area (Å²) < 4.78 is 10.2. The number of nitrogens with zero attached hydrogens (tertiary/aromatic N) is 2. The van der Waals surface area contributed by atoms with Gasteiger partial charge in [0.15, 0.2) is 0 Å². The SMILES string of the molecule is CCN(CC)C(=O)N(CCC(=O)OC)CC1CCCO1. The topological polar surface area (TPSA) is 59.1 Å². The standard InChI is InChI=1S/C14H26N2O4/c1-4-15(5-2)14(18)16(9-8-13(17)19-3)11-12-7-6-10-20-12/h12H,4-11H2,1-3H3. The normalized spacial score (nSPS) is 17.9. The van der Waals surface area contributed by atoms with Gasteiger partial charge in [0.25, 0.3) is 0 Å². The lowest BCUT2D eigenvalue weighted by molar-refractivity contribution is -0.140. The summed E-state index contributed by atoms with van der Waals surface area (Å²) in [6.07, 6.45) is 2.32. The largest absolute Gasteiger partial charge is 0.469 e. The van der Waals surface area contributed by atoms with Gasteiger partial charge in [-0.05, 0) is 26.7 Å². The first-order valence-corrected chi connectivity index (χ1v) is 7.34. The summed E-state index contributed by atoms with van der Waals surface area (Å²) in [5.41, 5.74) is 0. The molecule has 1 atom stereocenters. The lowest BCUT2D eigenvalue weighted by atomic mass is 10.2. The molecule has 116 valence electrons. The lowest BCUT2D eigenvalue weighted by Gasteiger charge is -2.30. The highest BCUT2D eigenvalue weighted by molar-refractivity contribution is 5.75. The average Bonchev–Trinajstić information content (AvgIpc) is 2.97. The summed E-state index contributed by atoms with van der Waals surface area (Å²) in [6.45, 7) is 6.91. The molecule has 1 unspecified atom stereocenters. The third kappa shape index (κ3) is 5.00. The quantitative estimate of drug-likeness (QED) is 0.665. The second-order valence-electron chi connectivity index (χ2n) is 4.86. The second kappa shape index (κ2) is 8.79. The minimum absolute atomic E-state index is 0.0330. The maximum absolute atomic E-state index is 12.4. The summed E-state index contributed by atoms with van der Waals surface area (Å²) in [5.74, 6) is -0.297. The summed E-state index contributed by atoms with van der Waals surface area (Å²) >= 11 is 0. The Hall–Kier alpha value is -1.30. The molecule has 20 heavy (non-hydrogen) atoms. The minimum Gasteiger partial charge on any atom is -0.469 e. The fraction of sp³-hybridized carbons (Fsp3) is 0.857. The van der Waals surface area contributed by atoms with Gasteiger partial charge in [-0.25, -0.2) is 4.79 Å². The Labute approximate surface area is 121 Å². The van der Waals surface area contributed by atoms with Crippen LogP contribution in [0.3, 0.4) is 0 Å². The first-order chi connectivity index (χ1) is 9.62. The van der Waals surface area contributed by atoms with Gasteiger partial charge in [-0.2, -0.15) is 0 Å². The number of amides is 2. The van der Waals surface area contributed by atoms with Gasteiger partial charge in [0.2, 0.25) is 0 Å². The molecule has 0 aromatic rings. The molecule has 6 nitrogen and oxygen atoms in total. The molecule has 0 saturated carbocycles. The van der Waals surface area contributed by atoms with Gasteiger partial charge in [0.05, 0.1) is 19.6 Å². The molecule has 0 N–H and O–H groups in total. The van der Waals surface area contributed by atoms with Crippen LogP contribution in [0.15, 0.2) is 0 Å². The molecule has 1 aliphatic heterocycles. The van der Waals surface area contributed by atoms with Gasteiger partial charge in [-0.1, -0.05) is 0 Å². The Morgan fingerprint density at radius 1 is 1.25 bits per heavy atom. The fourth-order valence-electron chi connectivity index (χ4n) is 2.32. The van der Waals surface area contributed by atoms with E-state index in [4.69, 9.17) is 4.74 Å². The van der Waals surface area contributed by atoms with Crippen LogP contribution in [0.4, 0.5) is 4.79 Å². The van der Waals surface area contributed by atoms with Gasteiger partial charge in [0, 0.05) is 32.8 Å². The zero-order valence-corrected chi connectivity index (χ0v) is 12.8. The van der Waals surface area contributed by atoms with E-state index < -0.39 is 0 Å². The molecule has 1 rings (SSSR count). The van der Waals surface area contributed by atoms with E-state index in [0.717, 1.165) is 19.4 Å². The van der Waals surface area contributed by atoms with Crippen LogP contribution in [0.2, 0.25) is 0 Å². The molecule has 1 saturated heterocycles. The van der Waals surface area contributed by atoms with Gasteiger partial charge < -0.3 is 19.3 Å². The summed E-state index contributed by atoms with van der Waals surface area (Å²) in [6, 6.07) is -0.0330. The van der Waals surface area contributed by atoms with Crippen molar-refractivity contribution in [1.29, 1.82) is 0 Å². The van der Waals surface area contributed by atoms with Crippen LogP contribution in [0, 0.1) is 0 Å². The molecule has 1 heterocycles. The van der Waals surface area contributed by atoms with E-state index in [-0.39, 0.29) is 24.5 Å². The van der Waals surface area contributed by atoms with Crippen molar-refractivity contribution in [1.82, 2.24) is 9.80 Å². The van der Waals surface area contributed by atoms with Gasteiger partial charge in [0.1, 0.15) is 0 Å². The Bertz CT molecular complexity index is 312. The number of ether oxygens (including phenoxy) is 2. The van der Waals surface area contributed by atoms with Crippen LogP contribution in [-0.2, 0) is 14.3 Å². The molecule has 1 fully saturated rings. The Morgan fingerprint density at radius 2 is 1.95 bits per heavy atom. The van der Waals surface area contributed by atoms with Crippen LogP contribution >= 0.6 is 0 Å². The van der Waals surface area contributed by atoms with Crippen LogP contribution < -0.4 is 0 Å². The molecule has 0 aromatic carbocycles. The molecule has 2 amide bonds. The number of urea groups is 1. The maximum Gasteiger partial charge on any atom is 0.320 e. The number of hydrogen-bond acceptors (Lipinski definition) is 4. The Morgan fingerprint density at radius 3 is 2.45 bits per heavy atom. The zero-order valence-electron chi connectivity index (χ0n) is 12.8. The van der Waals surface area contributed by atoms with Gasteiger partial charge in [-0.3, -0.25) is 4.79 Å². The van der Waals surface area contributed by atoms with E-state index in [9.17, 15) is 9.59 Å². The zero-order chi connectivity index (χ0) is 15.0. The Balaban J connectivity index is 2.61. The van der Waals surface area contributed by atoms with E-state index in [0.29, 0.717) is 26.2 Å². The summed E-state index contributed by atoms with van der Waals surface area (Å²) in [7, 11) is 1.36. The number of esters is 1. The number of carbonyl (C=O) groups is 2. The smallest absolute Gasteiger partial charge is 0.320 e. The first kappa shape index (κ1) is 16.8. The monoisotopic (exact) mass is 286 g/mol. The third-order valence-electron chi connectivity index (χ3n) is 3.57. The predicted molar refractivity (Wildman–Crippen MR) is 75.5 cm³/mol. The van der Waals surface area contributed by atoms with Gasteiger partial charge in [-0.15, -0.1) is 0 Å². The van der Waals surface area contributed by atoms with Crippen molar-refractivity contribution in [2.75, 3.05) is 39.9 Å². The van der Waals surface area contributed by atoms with Crippen molar-refractivity contribution in [3.63, 3.8) is 0 Å². The Kier molecular flexibility index (Phi) is 7.36. The molecule has 0 aromatic heterocycles. The molecule has 6 heteroatoms. The molecule has 0 bridgehead atoms. The molecular formula is C14H26N2O4. The third-order valence-corrected chi connectivity index (χ3v) is 3.57. The van der Waals surface area contributed by atoms with Crippen LogP contribution in [0.1, 0.15) is 33.1 Å². The van der Waals surface area contributed by atoms with Crippen LogP contribution in [0.5, 0.6) is 0 Å². The molecule has 0 radical (unpaired) electrons. The van der Waals surface area contributed by atoms with E-state index in [1.54, 1.807) is 9.80 Å². The highest BCUT2D eigenvalue weighted by Gasteiger charge is 2.25. The molecular weight excluding hydrogens is 260 g/mol. The molecule has 1 aliphatic rings. The van der Waals surface area contributed by atoms with Crippen molar-refractivity contribution in [3.8, 4) is 0 Å². The fourth-order valence-corrected chi connectivity index (χ4v) is 2.32. The van der Waals surface area contributed by atoms with Crippen molar-refractivity contribution < 1.29 is 19.1 Å². The van der Waals surface area contributed by atoms with E-state index in [1.807, 2.05) is 13.8 Å². The number of methoxy groups -OCH3 is 1. The number of carbonyl (C=O) groups excluding carboxylic acids is 2. The summed E-state index contributed by atoms with van der Waals surface area (Å²) in [4.78, 5) is 27.2. The van der Waals surface area contributed by atoms with Gasteiger partial charge >= 0.3 is 12.0 Å². The van der Waals surface area contributed by atoms with Crippen LogP contribution in [0.25, 0.3) is 0 Å². The molecule has 0 aliphatic carbocycles. The lowest BCUT2D eigenvalue weighted by Crippen LogP contribution is -2.46. The van der Waals surface area contributed by atoms with Crippen LogP contribution in [-0.4, -0.2) is 67.8 Å². The van der Waals surface area contributed by atoms with E-state index in [2.05, 4.69) is 4.74 Å². The van der Waals surface area contributed by atoms with Crippen molar-refractivity contribution >= 4 is 12.0 Å². The average molecular weight is 286 g/mol. The van der Waals surface area contributed by atoms with E-state index >= 15 is 0 Å². The van der Waals surface area contributed by atoms with Crippen molar-refractivity contribution in [3.05, 3.63) is 0 Å². The molecule has 0 spiro atoms. The van der Waals surface area contributed by atoms with Crippen molar-refractivity contribution in [2.45, 2.75) is 39.2 Å². The van der Waals surface area contributed by atoms with E-state index in [1.165, 1.54) is 7.11 Å². The second-order valence-corrected chi connectivity index (χ2v) is 4.86. The number of rotatable bonds is 7. The highest BCUT2D eigenvalue weighted by atomic mass is 16.5.